The molecule has 2 aromatic rings. The first-order valence-corrected chi connectivity index (χ1v) is 9.35. The molecule has 1 N–H and O–H groups in total. The van der Waals surface area contributed by atoms with E-state index in [1.807, 2.05) is 11.3 Å². The van der Waals surface area contributed by atoms with Gasteiger partial charge < -0.3 is 5.32 Å². The Hall–Kier alpha value is -0.710. The van der Waals surface area contributed by atoms with E-state index in [1.54, 1.807) is 0 Å². The number of aromatic nitrogens is 1. The van der Waals surface area contributed by atoms with Crippen molar-refractivity contribution in [2.24, 2.45) is 0 Å². The summed E-state index contributed by atoms with van der Waals surface area (Å²) in [5.74, 6) is 0.595. The van der Waals surface area contributed by atoms with Gasteiger partial charge >= 0.3 is 0 Å². The van der Waals surface area contributed by atoms with E-state index in [1.165, 1.54) is 46.8 Å². The Morgan fingerprint density at radius 1 is 1.43 bits per heavy atom. The van der Waals surface area contributed by atoms with Gasteiger partial charge in [-0.15, -0.1) is 11.3 Å². The summed E-state index contributed by atoms with van der Waals surface area (Å²) >= 11 is 5.43. The van der Waals surface area contributed by atoms with Crippen molar-refractivity contribution in [2.75, 3.05) is 13.1 Å². The van der Waals surface area contributed by atoms with Crippen molar-refractivity contribution in [3.05, 3.63) is 39.3 Å². The molecular formula is C17H21BrN2S. The molecule has 2 nitrogen and oxygen atoms in total. The quantitative estimate of drug-likeness (QED) is 0.755. The van der Waals surface area contributed by atoms with Crippen LogP contribution in [0.15, 0.2) is 28.7 Å². The molecule has 0 amide bonds. The number of fused-ring (bicyclic) bond motifs is 1. The SMILES string of the molecule is CCCNCC1CCCc2sc(-c3cccc(Br)c3)nc21. The Bertz CT molecular complexity index is 609. The molecule has 0 saturated carbocycles. The number of aryl methyl sites for hydroxylation is 1. The molecule has 1 heterocycles. The third-order valence-corrected chi connectivity index (χ3v) is 5.63. The third kappa shape index (κ3) is 3.55. The van der Waals surface area contributed by atoms with Crippen molar-refractivity contribution in [2.45, 2.75) is 38.5 Å². The predicted molar refractivity (Wildman–Crippen MR) is 94.1 cm³/mol. The first kappa shape index (κ1) is 15.2. The maximum Gasteiger partial charge on any atom is 0.123 e. The van der Waals surface area contributed by atoms with Gasteiger partial charge in [-0.3, -0.25) is 0 Å². The van der Waals surface area contributed by atoms with Crippen molar-refractivity contribution in [1.29, 1.82) is 0 Å². The molecule has 1 aromatic carbocycles. The largest absolute Gasteiger partial charge is 0.316 e. The fourth-order valence-corrected chi connectivity index (χ4v) is 4.49. The van der Waals surface area contributed by atoms with Gasteiger partial charge in [0.05, 0.1) is 5.69 Å². The van der Waals surface area contributed by atoms with E-state index in [9.17, 15) is 0 Å². The second-order valence-electron chi connectivity index (χ2n) is 5.63. The maximum absolute atomic E-state index is 4.98. The molecule has 0 fully saturated rings. The number of thiazole rings is 1. The first-order valence-electron chi connectivity index (χ1n) is 7.74. The summed E-state index contributed by atoms with van der Waals surface area (Å²) < 4.78 is 1.12. The zero-order valence-electron chi connectivity index (χ0n) is 12.4. The molecule has 1 aromatic heterocycles. The van der Waals surface area contributed by atoms with Crippen LogP contribution in [-0.4, -0.2) is 18.1 Å². The van der Waals surface area contributed by atoms with E-state index in [0.717, 1.165) is 17.6 Å². The minimum atomic E-state index is 0.595. The van der Waals surface area contributed by atoms with Crippen LogP contribution < -0.4 is 5.32 Å². The zero-order chi connectivity index (χ0) is 14.7. The molecule has 0 saturated heterocycles. The van der Waals surface area contributed by atoms with Crippen LogP contribution in [0.25, 0.3) is 10.6 Å². The molecule has 112 valence electrons. The van der Waals surface area contributed by atoms with Crippen LogP contribution in [0.2, 0.25) is 0 Å². The second kappa shape index (κ2) is 7.03. The van der Waals surface area contributed by atoms with E-state index in [-0.39, 0.29) is 0 Å². The highest BCUT2D eigenvalue weighted by molar-refractivity contribution is 9.10. The lowest BCUT2D eigenvalue weighted by Crippen LogP contribution is -2.24. The molecule has 21 heavy (non-hydrogen) atoms. The summed E-state index contributed by atoms with van der Waals surface area (Å²) in [6.45, 7) is 4.39. The maximum atomic E-state index is 4.98. The summed E-state index contributed by atoms with van der Waals surface area (Å²) in [4.78, 5) is 6.48. The Kier molecular flexibility index (Phi) is 5.09. The van der Waals surface area contributed by atoms with Gasteiger partial charge in [-0.1, -0.05) is 35.0 Å². The number of hydrogen-bond donors (Lipinski definition) is 1. The van der Waals surface area contributed by atoms with Crippen LogP contribution in [-0.2, 0) is 6.42 Å². The summed E-state index contributed by atoms with van der Waals surface area (Å²) in [7, 11) is 0. The monoisotopic (exact) mass is 364 g/mol. The number of rotatable bonds is 5. The van der Waals surface area contributed by atoms with Gasteiger partial charge in [0.1, 0.15) is 5.01 Å². The molecule has 0 bridgehead atoms. The van der Waals surface area contributed by atoms with Crippen LogP contribution in [0, 0.1) is 0 Å². The summed E-state index contributed by atoms with van der Waals surface area (Å²) in [6, 6.07) is 8.46. The predicted octanol–water partition coefficient (Wildman–Crippen LogP) is 4.99. The molecule has 4 heteroatoms. The average Bonchev–Trinajstić information content (AvgIpc) is 2.92. The molecule has 0 spiro atoms. The minimum Gasteiger partial charge on any atom is -0.316 e. The Morgan fingerprint density at radius 2 is 2.33 bits per heavy atom. The number of hydrogen-bond acceptors (Lipinski definition) is 3. The van der Waals surface area contributed by atoms with Crippen molar-refractivity contribution in [3.63, 3.8) is 0 Å². The minimum absolute atomic E-state index is 0.595. The summed E-state index contributed by atoms with van der Waals surface area (Å²) in [5, 5.41) is 4.73. The van der Waals surface area contributed by atoms with Gasteiger partial charge in [0, 0.05) is 27.4 Å². The number of benzene rings is 1. The lowest BCUT2D eigenvalue weighted by atomic mass is 9.91. The number of nitrogens with zero attached hydrogens (tertiary/aromatic N) is 1. The number of nitrogens with one attached hydrogen (secondary N) is 1. The Balaban J connectivity index is 1.83. The normalized spacial score (nSPS) is 17.7. The Morgan fingerprint density at radius 3 is 3.14 bits per heavy atom. The molecule has 1 unspecified atom stereocenters. The van der Waals surface area contributed by atoms with E-state index in [0.29, 0.717) is 5.92 Å². The van der Waals surface area contributed by atoms with Crippen LogP contribution in [0.4, 0.5) is 0 Å². The number of halogens is 1. The van der Waals surface area contributed by atoms with Crippen molar-refractivity contribution in [1.82, 2.24) is 10.3 Å². The van der Waals surface area contributed by atoms with Gasteiger partial charge in [-0.05, 0) is 44.4 Å². The summed E-state index contributed by atoms with van der Waals surface area (Å²) in [6.07, 6.45) is 4.96. The van der Waals surface area contributed by atoms with E-state index >= 15 is 0 Å². The van der Waals surface area contributed by atoms with E-state index in [4.69, 9.17) is 4.98 Å². The molecule has 1 aliphatic carbocycles. The molecule has 0 radical (unpaired) electrons. The lowest BCUT2D eigenvalue weighted by Gasteiger charge is -2.21. The van der Waals surface area contributed by atoms with Gasteiger partial charge in [0.15, 0.2) is 0 Å². The zero-order valence-corrected chi connectivity index (χ0v) is 14.8. The lowest BCUT2D eigenvalue weighted by molar-refractivity contribution is 0.502. The first-order chi connectivity index (χ1) is 10.3. The van der Waals surface area contributed by atoms with E-state index in [2.05, 4.69) is 52.4 Å². The third-order valence-electron chi connectivity index (χ3n) is 3.96. The molecule has 1 atom stereocenters. The average molecular weight is 365 g/mol. The fourth-order valence-electron chi connectivity index (χ4n) is 2.90. The van der Waals surface area contributed by atoms with Crippen molar-refractivity contribution < 1.29 is 0 Å². The highest BCUT2D eigenvalue weighted by Gasteiger charge is 2.24. The van der Waals surface area contributed by atoms with Crippen LogP contribution >= 0.6 is 27.3 Å². The second-order valence-corrected chi connectivity index (χ2v) is 7.63. The van der Waals surface area contributed by atoms with Crippen LogP contribution in [0.5, 0.6) is 0 Å². The van der Waals surface area contributed by atoms with Gasteiger partial charge in [0.25, 0.3) is 0 Å². The Labute approximate surface area is 139 Å². The standard InChI is InChI=1S/C17H21BrN2S/c1-2-9-19-11-13-6-4-8-15-16(13)20-17(21-15)12-5-3-7-14(18)10-12/h3,5,7,10,13,19H,2,4,6,8-9,11H2,1H3. The van der Waals surface area contributed by atoms with Gasteiger partial charge in [-0.2, -0.15) is 0 Å². The van der Waals surface area contributed by atoms with Crippen LogP contribution in [0.1, 0.15) is 42.7 Å². The summed E-state index contributed by atoms with van der Waals surface area (Å²) in [5.41, 5.74) is 2.58. The smallest absolute Gasteiger partial charge is 0.123 e. The molecular weight excluding hydrogens is 344 g/mol. The molecule has 0 aliphatic heterocycles. The highest BCUT2D eigenvalue weighted by atomic mass is 79.9. The van der Waals surface area contributed by atoms with Gasteiger partial charge in [-0.25, -0.2) is 4.98 Å². The molecule has 3 rings (SSSR count). The molecule has 1 aliphatic rings. The highest BCUT2D eigenvalue weighted by Crippen LogP contribution is 2.38. The fraction of sp³-hybridized carbons (Fsp3) is 0.471. The van der Waals surface area contributed by atoms with Crippen molar-refractivity contribution >= 4 is 27.3 Å². The topological polar surface area (TPSA) is 24.9 Å². The van der Waals surface area contributed by atoms with Gasteiger partial charge in [0.2, 0.25) is 0 Å². The van der Waals surface area contributed by atoms with Crippen molar-refractivity contribution in [3.8, 4) is 10.6 Å². The van der Waals surface area contributed by atoms with Crippen LogP contribution in [0.3, 0.4) is 0 Å². The van der Waals surface area contributed by atoms with E-state index < -0.39 is 0 Å².